The van der Waals surface area contributed by atoms with Gasteiger partial charge in [-0.2, -0.15) is 0 Å². The third kappa shape index (κ3) is 9.22. The summed E-state index contributed by atoms with van der Waals surface area (Å²) in [5.74, 6) is 0.391. The Morgan fingerprint density at radius 2 is 1.71 bits per heavy atom. The highest BCUT2D eigenvalue weighted by Gasteiger charge is 2.22. The number of nitrogens with two attached hydrogens (primary N) is 1. The zero-order valence-electron chi connectivity index (χ0n) is 18.4. The van der Waals surface area contributed by atoms with E-state index in [2.05, 4.69) is 17.6 Å². The second-order valence-electron chi connectivity index (χ2n) is 7.59. The minimum Gasteiger partial charge on any atom is -0.489 e. The predicted molar refractivity (Wildman–Crippen MR) is 124 cm³/mol. The van der Waals surface area contributed by atoms with E-state index in [0.29, 0.717) is 31.9 Å². The lowest BCUT2D eigenvalue weighted by Gasteiger charge is -2.19. The van der Waals surface area contributed by atoms with Crippen LogP contribution in [0.3, 0.4) is 0 Å². The monoisotopic (exact) mass is 425 g/mol. The topological polar surface area (TPSA) is 93.5 Å². The van der Waals surface area contributed by atoms with E-state index in [9.17, 15) is 9.59 Å². The maximum absolute atomic E-state index is 12.8. The second kappa shape index (κ2) is 14.2. The molecular formula is C25H35N3O3. The first-order valence-electron chi connectivity index (χ1n) is 11.2. The second-order valence-corrected chi connectivity index (χ2v) is 7.59. The summed E-state index contributed by atoms with van der Waals surface area (Å²) in [6, 6.07) is 16.5. The third-order valence-corrected chi connectivity index (χ3v) is 4.97. The van der Waals surface area contributed by atoms with Gasteiger partial charge in [0.2, 0.25) is 11.8 Å². The van der Waals surface area contributed by atoms with Crippen molar-refractivity contribution >= 4 is 11.8 Å². The van der Waals surface area contributed by atoms with Gasteiger partial charge in [-0.1, -0.05) is 62.2 Å². The molecule has 2 aromatic carbocycles. The van der Waals surface area contributed by atoms with Gasteiger partial charge < -0.3 is 21.1 Å². The highest BCUT2D eigenvalue weighted by atomic mass is 16.5. The van der Waals surface area contributed by atoms with Gasteiger partial charge in [0, 0.05) is 13.0 Å². The Morgan fingerprint density at radius 1 is 0.968 bits per heavy atom. The Bertz CT molecular complexity index is 778. The number of carbonyl (C=O) groups is 2. The van der Waals surface area contributed by atoms with Crippen molar-refractivity contribution in [3.05, 3.63) is 65.7 Å². The maximum atomic E-state index is 12.8. The fourth-order valence-corrected chi connectivity index (χ4v) is 3.15. The Kier molecular flexibility index (Phi) is 11.2. The normalized spacial score (nSPS) is 11.5. The number of carbonyl (C=O) groups excluding carboxylic acids is 2. The third-order valence-electron chi connectivity index (χ3n) is 4.97. The van der Waals surface area contributed by atoms with Crippen LogP contribution in [0, 0.1) is 0 Å². The minimum absolute atomic E-state index is 0.111. The Hall–Kier alpha value is -2.86. The first-order valence-corrected chi connectivity index (χ1v) is 11.2. The van der Waals surface area contributed by atoms with E-state index in [4.69, 9.17) is 10.5 Å². The summed E-state index contributed by atoms with van der Waals surface area (Å²) in [7, 11) is 0. The molecule has 31 heavy (non-hydrogen) atoms. The van der Waals surface area contributed by atoms with Crippen molar-refractivity contribution in [2.24, 2.45) is 5.73 Å². The lowest BCUT2D eigenvalue weighted by Crippen LogP contribution is -2.40. The van der Waals surface area contributed by atoms with Crippen LogP contribution in [0.15, 0.2) is 54.6 Å². The molecule has 2 amide bonds. The van der Waals surface area contributed by atoms with Crippen molar-refractivity contribution in [1.82, 2.24) is 10.6 Å². The van der Waals surface area contributed by atoms with Crippen LogP contribution >= 0.6 is 0 Å². The molecule has 0 aliphatic heterocycles. The Labute approximate surface area is 185 Å². The van der Waals surface area contributed by atoms with E-state index in [1.807, 2.05) is 54.6 Å². The standard InChI is InChI=1S/C25H35N3O3/c1-2-3-5-12-23(29)28-24(25(30)27-18-9-8-17-26)21-13-15-22(16-14-21)31-19-20-10-6-4-7-11-20/h4,6-7,10-11,13-16,24H,2-3,5,8-9,12,17-19,26H2,1H3,(H,27,30)(H,28,29)/t24-/m0/s1. The van der Waals surface area contributed by atoms with Crippen molar-refractivity contribution < 1.29 is 14.3 Å². The van der Waals surface area contributed by atoms with Gasteiger partial charge in [-0.05, 0) is 49.1 Å². The molecule has 6 nitrogen and oxygen atoms in total. The van der Waals surface area contributed by atoms with Gasteiger partial charge in [-0.15, -0.1) is 0 Å². The summed E-state index contributed by atoms with van der Waals surface area (Å²) in [5.41, 5.74) is 7.33. The zero-order chi connectivity index (χ0) is 22.3. The molecule has 2 aromatic rings. The highest BCUT2D eigenvalue weighted by Crippen LogP contribution is 2.20. The van der Waals surface area contributed by atoms with E-state index < -0.39 is 6.04 Å². The molecule has 0 saturated carbocycles. The van der Waals surface area contributed by atoms with Gasteiger partial charge in [0.1, 0.15) is 18.4 Å². The average molecular weight is 426 g/mol. The number of hydrogen-bond acceptors (Lipinski definition) is 4. The van der Waals surface area contributed by atoms with Crippen molar-refractivity contribution in [2.75, 3.05) is 13.1 Å². The minimum atomic E-state index is -0.727. The number of benzene rings is 2. The molecular weight excluding hydrogens is 390 g/mol. The van der Waals surface area contributed by atoms with Crippen molar-refractivity contribution in [3.8, 4) is 5.75 Å². The van der Waals surface area contributed by atoms with Crippen LogP contribution < -0.4 is 21.1 Å². The molecule has 4 N–H and O–H groups in total. The molecule has 2 rings (SSSR count). The average Bonchev–Trinajstić information content (AvgIpc) is 2.80. The molecule has 0 heterocycles. The molecule has 0 aliphatic carbocycles. The first kappa shape index (κ1) is 24.4. The maximum Gasteiger partial charge on any atom is 0.247 e. The highest BCUT2D eigenvalue weighted by molar-refractivity contribution is 5.88. The molecule has 168 valence electrons. The Balaban J connectivity index is 2.01. The van der Waals surface area contributed by atoms with Crippen molar-refractivity contribution in [1.29, 1.82) is 0 Å². The predicted octanol–water partition coefficient (Wildman–Crippen LogP) is 3.86. The van der Waals surface area contributed by atoms with E-state index in [-0.39, 0.29) is 11.8 Å². The SMILES string of the molecule is CCCCCC(=O)N[C@H](C(=O)NCCCCN)c1ccc(OCc2ccccc2)cc1. The largest absolute Gasteiger partial charge is 0.489 e. The van der Waals surface area contributed by atoms with E-state index in [0.717, 1.165) is 43.2 Å². The van der Waals surface area contributed by atoms with Crippen LogP contribution in [0.2, 0.25) is 0 Å². The fourth-order valence-electron chi connectivity index (χ4n) is 3.15. The lowest BCUT2D eigenvalue weighted by molar-refractivity contribution is -0.129. The summed E-state index contributed by atoms with van der Waals surface area (Å²) in [6.45, 7) is 3.70. The summed E-state index contributed by atoms with van der Waals surface area (Å²) in [6.07, 6.45) is 4.94. The van der Waals surface area contributed by atoms with Gasteiger partial charge in [0.15, 0.2) is 0 Å². The van der Waals surface area contributed by atoms with Gasteiger partial charge >= 0.3 is 0 Å². The molecule has 0 aliphatic rings. The van der Waals surface area contributed by atoms with E-state index >= 15 is 0 Å². The Morgan fingerprint density at radius 3 is 2.39 bits per heavy atom. The number of rotatable bonds is 14. The van der Waals surface area contributed by atoms with Crippen LogP contribution in [-0.4, -0.2) is 24.9 Å². The van der Waals surface area contributed by atoms with Crippen LogP contribution in [-0.2, 0) is 16.2 Å². The number of amides is 2. The molecule has 0 saturated heterocycles. The van der Waals surface area contributed by atoms with Gasteiger partial charge in [-0.25, -0.2) is 0 Å². The number of unbranched alkanes of at least 4 members (excludes halogenated alkanes) is 3. The van der Waals surface area contributed by atoms with Crippen LogP contribution in [0.25, 0.3) is 0 Å². The number of hydrogen-bond donors (Lipinski definition) is 3. The quantitative estimate of drug-likeness (QED) is 0.401. The number of ether oxygens (including phenoxy) is 1. The lowest BCUT2D eigenvalue weighted by atomic mass is 10.0. The number of nitrogens with one attached hydrogen (secondary N) is 2. The van der Waals surface area contributed by atoms with Crippen LogP contribution in [0.1, 0.15) is 62.6 Å². The van der Waals surface area contributed by atoms with Gasteiger partial charge in [0.25, 0.3) is 0 Å². The molecule has 0 spiro atoms. The molecule has 0 unspecified atom stereocenters. The van der Waals surface area contributed by atoms with Crippen LogP contribution in [0.5, 0.6) is 5.75 Å². The zero-order valence-corrected chi connectivity index (χ0v) is 18.4. The molecule has 1 atom stereocenters. The summed E-state index contributed by atoms with van der Waals surface area (Å²) >= 11 is 0. The summed E-state index contributed by atoms with van der Waals surface area (Å²) in [4.78, 5) is 25.2. The van der Waals surface area contributed by atoms with Gasteiger partial charge in [-0.3, -0.25) is 9.59 Å². The smallest absolute Gasteiger partial charge is 0.247 e. The molecule has 6 heteroatoms. The molecule has 0 radical (unpaired) electrons. The fraction of sp³-hybridized carbons (Fsp3) is 0.440. The molecule has 0 bridgehead atoms. The van der Waals surface area contributed by atoms with Crippen molar-refractivity contribution in [2.45, 2.75) is 58.1 Å². The van der Waals surface area contributed by atoms with Crippen LogP contribution in [0.4, 0.5) is 0 Å². The first-order chi connectivity index (χ1) is 15.1. The molecule has 0 aromatic heterocycles. The summed E-state index contributed by atoms with van der Waals surface area (Å²) in [5, 5.41) is 5.80. The van der Waals surface area contributed by atoms with E-state index in [1.165, 1.54) is 0 Å². The molecule has 0 fully saturated rings. The van der Waals surface area contributed by atoms with E-state index in [1.54, 1.807) is 0 Å². The summed E-state index contributed by atoms with van der Waals surface area (Å²) < 4.78 is 5.83. The van der Waals surface area contributed by atoms with Crippen molar-refractivity contribution in [3.63, 3.8) is 0 Å². The van der Waals surface area contributed by atoms with Gasteiger partial charge in [0.05, 0.1) is 0 Å².